The summed E-state index contributed by atoms with van der Waals surface area (Å²) in [6.45, 7) is 1.88. The van der Waals surface area contributed by atoms with Gasteiger partial charge in [0.25, 0.3) is 5.91 Å². The smallest absolute Gasteiger partial charge is 0.258 e. The summed E-state index contributed by atoms with van der Waals surface area (Å²) in [5.41, 5.74) is 2.96. The standard InChI is InChI=1S/C18H18N2O3/c1-11-16(14-5-4-6-15(23-3)17(14)19-11)18(21)20-12-7-9-13(22-2)10-8-12/h4-10,19H,1-3H3,(H,20,21). The van der Waals surface area contributed by atoms with E-state index in [1.165, 1.54) is 0 Å². The molecule has 1 aromatic heterocycles. The Labute approximate surface area is 134 Å². The van der Waals surface area contributed by atoms with Gasteiger partial charge in [-0.25, -0.2) is 0 Å². The predicted octanol–water partition coefficient (Wildman–Crippen LogP) is 3.75. The molecule has 23 heavy (non-hydrogen) atoms. The number of aromatic nitrogens is 1. The predicted molar refractivity (Wildman–Crippen MR) is 90.5 cm³/mol. The number of hydrogen-bond donors (Lipinski definition) is 2. The molecule has 0 saturated carbocycles. The van der Waals surface area contributed by atoms with E-state index in [9.17, 15) is 4.79 Å². The van der Waals surface area contributed by atoms with Crippen LogP contribution in [0.5, 0.6) is 11.5 Å². The zero-order valence-electron chi connectivity index (χ0n) is 13.3. The number of aryl methyl sites for hydroxylation is 1. The number of aromatic amines is 1. The van der Waals surface area contributed by atoms with Crippen LogP contribution in [-0.2, 0) is 0 Å². The molecule has 3 rings (SSSR count). The molecular formula is C18H18N2O3. The monoisotopic (exact) mass is 310 g/mol. The Morgan fingerprint density at radius 1 is 1.04 bits per heavy atom. The van der Waals surface area contributed by atoms with Gasteiger partial charge < -0.3 is 19.8 Å². The number of para-hydroxylation sites is 1. The van der Waals surface area contributed by atoms with E-state index in [0.717, 1.165) is 22.3 Å². The van der Waals surface area contributed by atoms with Crippen molar-refractivity contribution in [2.24, 2.45) is 0 Å². The van der Waals surface area contributed by atoms with Crippen molar-refractivity contribution in [3.8, 4) is 11.5 Å². The quantitative estimate of drug-likeness (QED) is 0.771. The molecule has 118 valence electrons. The van der Waals surface area contributed by atoms with Gasteiger partial charge in [-0.1, -0.05) is 12.1 Å². The molecule has 5 nitrogen and oxygen atoms in total. The van der Waals surface area contributed by atoms with Crippen molar-refractivity contribution in [3.05, 3.63) is 53.7 Å². The van der Waals surface area contributed by atoms with Crippen LogP contribution >= 0.6 is 0 Å². The first kappa shape index (κ1) is 15.0. The van der Waals surface area contributed by atoms with Gasteiger partial charge in [-0.2, -0.15) is 0 Å². The van der Waals surface area contributed by atoms with Crippen molar-refractivity contribution < 1.29 is 14.3 Å². The summed E-state index contributed by atoms with van der Waals surface area (Å²) in [6, 6.07) is 12.9. The van der Waals surface area contributed by atoms with Gasteiger partial charge in [-0.15, -0.1) is 0 Å². The molecule has 2 aromatic carbocycles. The first-order chi connectivity index (χ1) is 11.1. The summed E-state index contributed by atoms with van der Waals surface area (Å²) in [7, 11) is 3.22. The lowest BCUT2D eigenvalue weighted by Crippen LogP contribution is -2.12. The number of anilines is 1. The molecule has 0 bridgehead atoms. The first-order valence-corrected chi connectivity index (χ1v) is 7.24. The third kappa shape index (κ3) is 2.73. The number of ether oxygens (including phenoxy) is 2. The molecule has 0 saturated heterocycles. The summed E-state index contributed by atoms with van der Waals surface area (Å²) in [4.78, 5) is 15.9. The van der Waals surface area contributed by atoms with Crippen molar-refractivity contribution in [2.75, 3.05) is 19.5 Å². The Balaban J connectivity index is 1.95. The van der Waals surface area contributed by atoms with Crippen LogP contribution in [-0.4, -0.2) is 25.1 Å². The highest BCUT2D eigenvalue weighted by Gasteiger charge is 2.18. The van der Waals surface area contributed by atoms with Gasteiger partial charge in [0.2, 0.25) is 0 Å². The van der Waals surface area contributed by atoms with Crippen LogP contribution in [0, 0.1) is 6.92 Å². The number of H-pyrrole nitrogens is 1. The van der Waals surface area contributed by atoms with E-state index in [2.05, 4.69) is 10.3 Å². The van der Waals surface area contributed by atoms with Crippen LogP contribution in [0.25, 0.3) is 10.9 Å². The second kappa shape index (κ2) is 6.04. The molecule has 2 N–H and O–H groups in total. The highest BCUT2D eigenvalue weighted by Crippen LogP contribution is 2.30. The van der Waals surface area contributed by atoms with E-state index in [1.54, 1.807) is 26.4 Å². The molecular weight excluding hydrogens is 292 g/mol. The normalized spacial score (nSPS) is 10.6. The molecule has 0 atom stereocenters. The van der Waals surface area contributed by atoms with E-state index in [4.69, 9.17) is 9.47 Å². The Morgan fingerprint density at radius 3 is 2.43 bits per heavy atom. The number of methoxy groups -OCH3 is 2. The lowest BCUT2D eigenvalue weighted by molar-refractivity contribution is 0.102. The average molecular weight is 310 g/mol. The van der Waals surface area contributed by atoms with Gasteiger partial charge in [0.15, 0.2) is 0 Å². The molecule has 0 spiro atoms. The molecule has 0 aliphatic heterocycles. The first-order valence-electron chi connectivity index (χ1n) is 7.24. The van der Waals surface area contributed by atoms with Gasteiger partial charge in [-0.05, 0) is 37.3 Å². The maximum absolute atomic E-state index is 12.7. The summed E-state index contributed by atoms with van der Waals surface area (Å²) in [6.07, 6.45) is 0. The minimum atomic E-state index is -0.160. The molecule has 0 unspecified atom stereocenters. The topological polar surface area (TPSA) is 63.3 Å². The largest absolute Gasteiger partial charge is 0.497 e. The van der Waals surface area contributed by atoms with Crippen LogP contribution in [0.1, 0.15) is 16.1 Å². The van der Waals surface area contributed by atoms with E-state index < -0.39 is 0 Å². The lowest BCUT2D eigenvalue weighted by atomic mass is 10.1. The molecule has 0 aliphatic carbocycles. The van der Waals surface area contributed by atoms with Gasteiger partial charge >= 0.3 is 0 Å². The van der Waals surface area contributed by atoms with E-state index in [-0.39, 0.29) is 5.91 Å². The summed E-state index contributed by atoms with van der Waals surface area (Å²) in [5, 5.41) is 3.75. The maximum Gasteiger partial charge on any atom is 0.258 e. The Morgan fingerprint density at radius 2 is 1.78 bits per heavy atom. The van der Waals surface area contributed by atoms with Gasteiger partial charge in [0.1, 0.15) is 11.5 Å². The average Bonchev–Trinajstić information content (AvgIpc) is 2.91. The van der Waals surface area contributed by atoms with Crippen LogP contribution in [0.4, 0.5) is 5.69 Å². The molecule has 5 heteroatoms. The fourth-order valence-electron chi connectivity index (χ4n) is 2.65. The number of benzene rings is 2. The molecule has 0 radical (unpaired) electrons. The number of carbonyl (C=O) groups excluding carboxylic acids is 1. The zero-order chi connectivity index (χ0) is 16.4. The third-order valence-corrected chi connectivity index (χ3v) is 3.78. The van der Waals surface area contributed by atoms with E-state index in [1.807, 2.05) is 37.3 Å². The molecule has 0 aliphatic rings. The van der Waals surface area contributed by atoms with Crippen molar-refractivity contribution in [1.82, 2.24) is 4.98 Å². The van der Waals surface area contributed by atoms with Gasteiger partial charge in [0, 0.05) is 16.8 Å². The maximum atomic E-state index is 12.7. The minimum Gasteiger partial charge on any atom is -0.497 e. The number of carbonyl (C=O) groups is 1. The lowest BCUT2D eigenvalue weighted by Gasteiger charge is -2.07. The molecule has 3 aromatic rings. The number of nitrogens with one attached hydrogen (secondary N) is 2. The summed E-state index contributed by atoms with van der Waals surface area (Å²) >= 11 is 0. The van der Waals surface area contributed by atoms with Crippen molar-refractivity contribution in [2.45, 2.75) is 6.92 Å². The minimum absolute atomic E-state index is 0.160. The van der Waals surface area contributed by atoms with Gasteiger partial charge in [0.05, 0.1) is 25.3 Å². The summed E-state index contributed by atoms with van der Waals surface area (Å²) in [5.74, 6) is 1.30. The number of amides is 1. The van der Waals surface area contributed by atoms with E-state index in [0.29, 0.717) is 17.0 Å². The highest BCUT2D eigenvalue weighted by atomic mass is 16.5. The summed E-state index contributed by atoms with van der Waals surface area (Å²) < 4.78 is 10.5. The number of hydrogen-bond acceptors (Lipinski definition) is 3. The SMILES string of the molecule is COc1ccc(NC(=O)c2c(C)[nH]c3c(OC)cccc23)cc1. The molecule has 0 fully saturated rings. The number of rotatable bonds is 4. The zero-order valence-corrected chi connectivity index (χ0v) is 13.3. The van der Waals surface area contributed by atoms with Crippen LogP contribution in [0.15, 0.2) is 42.5 Å². The third-order valence-electron chi connectivity index (χ3n) is 3.78. The fraction of sp³-hybridized carbons (Fsp3) is 0.167. The Hall–Kier alpha value is -2.95. The van der Waals surface area contributed by atoms with E-state index >= 15 is 0 Å². The molecule has 1 heterocycles. The van der Waals surface area contributed by atoms with Crippen molar-refractivity contribution in [1.29, 1.82) is 0 Å². The van der Waals surface area contributed by atoms with Crippen LogP contribution < -0.4 is 14.8 Å². The Kier molecular flexibility index (Phi) is 3.93. The Bertz CT molecular complexity index is 851. The second-order valence-electron chi connectivity index (χ2n) is 5.19. The van der Waals surface area contributed by atoms with Crippen LogP contribution in [0.2, 0.25) is 0 Å². The van der Waals surface area contributed by atoms with Crippen LogP contribution in [0.3, 0.4) is 0 Å². The number of fused-ring (bicyclic) bond motifs is 1. The van der Waals surface area contributed by atoms with Crippen molar-refractivity contribution >= 4 is 22.5 Å². The van der Waals surface area contributed by atoms with Gasteiger partial charge in [-0.3, -0.25) is 4.79 Å². The van der Waals surface area contributed by atoms with Crippen molar-refractivity contribution in [3.63, 3.8) is 0 Å². The highest BCUT2D eigenvalue weighted by molar-refractivity contribution is 6.14. The molecule has 1 amide bonds. The second-order valence-corrected chi connectivity index (χ2v) is 5.19. The fourth-order valence-corrected chi connectivity index (χ4v) is 2.65.